The number of aryl methyl sites for hydroxylation is 2. The monoisotopic (exact) mass is 431 g/mol. The maximum absolute atomic E-state index is 13.1. The van der Waals surface area contributed by atoms with E-state index in [1.807, 2.05) is 0 Å². The summed E-state index contributed by atoms with van der Waals surface area (Å²) in [5.41, 5.74) is 5.95. The number of fused-ring (bicyclic) bond motifs is 3. The summed E-state index contributed by atoms with van der Waals surface area (Å²) >= 11 is 0. The summed E-state index contributed by atoms with van der Waals surface area (Å²) in [4.78, 5) is 13.2. The zero-order valence-corrected chi connectivity index (χ0v) is 17.6. The first-order valence-electron chi connectivity index (χ1n) is 10.1. The van der Waals surface area contributed by atoms with Gasteiger partial charge in [0.05, 0.1) is 19.3 Å². The highest BCUT2D eigenvalue weighted by molar-refractivity contribution is 7.90. The van der Waals surface area contributed by atoms with Gasteiger partial charge in [-0.25, -0.2) is 18.8 Å². The smallest absolute Gasteiger partial charge is 0.267 e. The molecule has 0 bridgehead atoms. The van der Waals surface area contributed by atoms with Crippen LogP contribution in [0.1, 0.15) is 41.0 Å². The first kappa shape index (κ1) is 19.5. The number of rotatable bonds is 5. The van der Waals surface area contributed by atoms with Crippen molar-refractivity contribution in [2.45, 2.75) is 55.6 Å². The number of nitrogens with one attached hydrogen (secondary N) is 2. The third-order valence-electron chi connectivity index (χ3n) is 6.28. The zero-order chi connectivity index (χ0) is 21.0. The van der Waals surface area contributed by atoms with Gasteiger partial charge in [-0.05, 0) is 54.4 Å². The van der Waals surface area contributed by atoms with Gasteiger partial charge in [0.2, 0.25) is 5.88 Å². The van der Waals surface area contributed by atoms with Gasteiger partial charge in [0.15, 0.2) is 6.10 Å². The molecular formula is C20H25N5O4S. The van der Waals surface area contributed by atoms with Gasteiger partial charge in [-0.3, -0.25) is 4.79 Å². The molecule has 30 heavy (non-hydrogen) atoms. The minimum atomic E-state index is -3.48. The Labute approximate surface area is 175 Å². The van der Waals surface area contributed by atoms with Crippen LogP contribution in [-0.4, -0.2) is 39.7 Å². The molecule has 5 rings (SSSR count). The maximum atomic E-state index is 13.1. The lowest BCUT2D eigenvalue weighted by Gasteiger charge is -2.21. The fraction of sp³-hybridized carbons (Fsp3) is 0.500. The number of hydrogen-bond donors (Lipinski definition) is 3. The van der Waals surface area contributed by atoms with E-state index in [2.05, 4.69) is 16.5 Å². The molecule has 0 fully saturated rings. The number of hydrogen-bond acceptors (Lipinski definition) is 6. The van der Waals surface area contributed by atoms with E-state index in [1.165, 1.54) is 33.1 Å². The standard InChI is InChI=1S/C20H25N5O4S/c1-28-10-13-6-5-12-7-11-3-2-4-14(11)18(17(12)13)24-19(26)15-9-25-20(29-15)16(8-23-25)30(21,22)27/h7-8,13,15H,2-6,9-10H2,1H3,(H,24,26)(H3,21,22,27)/t13-,15?/m1/s1. The summed E-state index contributed by atoms with van der Waals surface area (Å²) in [7, 11) is -1.77. The number of amides is 1. The van der Waals surface area contributed by atoms with Crippen LogP contribution in [0, 0.1) is 4.78 Å². The first-order valence-corrected chi connectivity index (χ1v) is 11.7. The van der Waals surface area contributed by atoms with Gasteiger partial charge in [0.1, 0.15) is 14.8 Å². The molecule has 9 nitrogen and oxygen atoms in total. The van der Waals surface area contributed by atoms with Crippen LogP contribution in [0.5, 0.6) is 5.88 Å². The topological polar surface area (TPSA) is 132 Å². The van der Waals surface area contributed by atoms with Crippen LogP contribution in [0.2, 0.25) is 0 Å². The Bertz CT molecular complexity index is 1140. The summed E-state index contributed by atoms with van der Waals surface area (Å²) < 4.78 is 32.1. The Morgan fingerprint density at radius 2 is 2.27 bits per heavy atom. The van der Waals surface area contributed by atoms with E-state index in [1.54, 1.807) is 7.11 Å². The summed E-state index contributed by atoms with van der Waals surface area (Å²) in [5, 5.41) is 12.7. The molecule has 0 radical (unpaired) electrons. The fourth-order valence-corrected chi connectivity index (χ4v) is 5.58. The van der Waals surface area contributed by atoms with Crippen LogP contribution < -0.4 is 15.2 Å². The van der Waals surface area contributed by atoms with Crippen molar-refractivity contribution in [1.29, 1.82) is 4.78 Å². The average molecular weight is 432 g/mol. The molecule has 3 atom stereocenters. The molecule has 0 spiro atoms. The lowest BCUT2D eigenvalue weighted by molar-refractivity contribution is -0.122. The minimum absolute atomic E-state index is 0.0134. The Morgan fingerprint density at radius 1 is 1.43 bits per heavy atom. The third-order valence-corrected chi connectivity index (χ3v) is 7.22. The van der Waals surface area contributed by atoms with E-state index in [4.69, 9.17) is 19.4 Å². The zero-order valence-electron chi connectivity index (χ0n) is 16.8. The molecule has 0 saturated heterocycles. The van der Waals surface area contributed by atoms with Crippen LogP contribution in [0.4, 0.5) is 5.69 Å². The second kappa shape index (κ2) is 7.07. The van der Waals surface area contributed by atoms with Crippen molar-refractivity contribution in [2.75, 3.05) is 19.0 Å². The number of nitrogens with zero attached hydrogens (tertiary/aromatic N) is 2. The van der Waals surface area contributed by atoms with Gasteiger partial charge in [-0.15, -0.1) is 0 Å². The van der Waals surface area contributed by atoms with Crippen molar-refractivity contribution in [2.24, 2.45) is 5.14 Å². The Balaban J connectivity index is 1.44. The number of ether oxygens (including phenoxy) is 2. The summed E-state index contributed by atoms with van der Waals surface area (Å²) in [6, 6.07) is 2.31. The molecule has 3 aliphatic rings. The van der Waals surface area contributed by atoms with E-state index >= 15 is 0 Å². The van der Waals surface area contributed by atoms with Gasteiger partial charge in [0.25, 0.3) is 5.91 Å². The fourth-order valence-electron chi connectivity index (χ4n) is 4.96. The van der Waals surface area contributed by atoms with Crippen molar-refractivity contribution in [3.63, 3.8) is 0 Å². The molecule has 2 heterocycles. The summed E-state index contributed by atoms with van der Waals surface area (Å²) in [6.45, 7) is 0.817. The number of carbonyl (C=O) groups excluding carboxylic acids is 1. The highest BCUT2D eigenvalue weighted by Crippen LogP contribution is 2.44. The van der Waals surface area contributed by atoms with E-state index < -0.39 is 16.0 Å². The largest absolute Gasteiger partial charge is 0.461 e. The maximum Gasteiger partial charge on any atom is 0.267 e. The predicted octanol–water partition coefficient (Wildman–Crippen LogP) is 1.73. The van der Waals surface area contributed by atoms with E-state index in [9.17, 15) is 9.00 Å². The number of benzene rings is 1. The molecule has 10 heteroatoms. The number of nitrogens with two attached hydrogens (primary N) is 1. The molecule has 2 aromatic rings. The van der Waals surface area contributed by atoms with Crippen LogP contribution in [0.15, 0.2) is 17.2 Å². The Kier molecular flexibility index (Phi) is 4.60. The summed E-state index contributed by atoms with van der Waals surface area (Å²) in [6.07, 6.45) is 5.53. The molecule has 4 N–H and O–H groups in total. The van der Waals surface area contributed by atoms with Crippen molar-refractivity contribution in [3.8, 4) is 5.88 Å². The quantitative estimate of drug-likeness (QED) is 0.663. The second-order valence-electron chi connectivity index (χ2n) is 8.20. The molecular weight excluding hydrogens is 406 g/mol. The number of aromatic nitrogens is 2. The van der Waals surface area contributed by atoms with Gasteiger partial charge in [-0.1, -0.05) is 6.07 Å². The van der Waals surface area contributed by atoms with Crippen LogP contribution >= 0.6 is 0 Å². The van der Waals surface area contributed by atoms with E-state index in [0.717, 1.165) is 37.8 Å². The van der Waals surface area contributed by atoms with E-state index in [0.29, 0.717) is 6.61 Å². The normalized spacial score (nSPS) is 23.4. The molecule has 2 unspecified atom stereocenters. The molecule has 0 saturated carbocycles. The van der Waals surface area contributed by atoms with Crippen molar-refractivity contribution >= 4 is 21.5 Å². The summed E-state index contributed by atoms with van der Waals surface area (Å²) in [5.74, 6) is 0.131. The van der Waals surface area contributed by atoms with Gasteiger partial charge in [0, 0.05) is 18.7 Å². The molecule has 1 aliphatic heterocycles. The van der Waals surface area contributed by atoms with Crippen LogP contribution in [0.3, 0.4) is 0 Å². The van der Waals surface area contributed by atoms with Gasteiger partial charge >= 0.3 is 0 Å². The van der Waals surface area contributed by atoms with Crippen LogP contribution in [-0.2, 0) is 45.3 Å². The SMILES string of the molecule is COC[C@H]1CCc2cc3c(c(NC(=O)C4Cn5ncc(S(=N)(N)=O)c5O4)c21)CCC3. The van der Waals surface area contributed by atoms with Crippen LogP contribution in [0.25, 0.3) is 0 Å². The Morgan fingerprint density at radius 3 is 3.03 bits per heavy atom. The molecule has 1 aromatic heterocycles. The highest BCUT2D eigenvalue weighted by Gasteiger charge is 2.36. The van der Waals surface area contributed by atoms with Crippen molar-refractivity contribution in [3.05, 3.63) is 34.5 Å². The molecule has 1 amide bonds. The number of anilines is 1. The van der Waals surface area contributed by atoms with Crippen molar-refractivity contribution < 1.29 is 18.5 Å². The lowest BCUT2D eigenvalue weighted by Crippen LogP contribution is -2.33. The highest BCUT2D eigenvalue weighted by atomic mass is 32.2. The number of methoxy groups -OCH3 is 1. The Hall–Kier alpha value is -2.43. The van der Waals surface area contributed by atoms with Gasteiger partial charge < -0.3 is 14.8 Å². The third kappa shape index (κ3) is 3.10. The van der Waals surface area contributed by atoms with Crippen molar-refractivity contribution in [1.82, 2.24) is 9.78 Å². The minimum Gasteiger partial charge on any atom is -0.461 e. The second-order valence-corrected chi connectivity index (χ2v) is 9.84. The molecule has 1 aromatic carbocycles. The first-order chi connectivity index (χ1) is 14.4. The van der Waals surface area contributed by atoms with Gasteiger partial charge in [-0.2, -0.15) is 5.10 Å². The number of carbonyl (C=O) groups is 1. The predicted molar refractivity (Wildman–Crippen MR) is 110 cm³/mol. The molecule has 160 valence electrons. The lowest BCUT2D eigenvalue weighted by atomic mass is 9.94. The molecule has 2 aliphatic carbocycles. The average Bonchev–Trinajstić information content (AvgIpc) is 3.43. The van der Waals surface area contributed by atoms with E-state index in [-0.39, 0.29) is 29.1 Å².